The van der Waals surface area contributed by atoms with Gasteiger partial charge >= 0.3 is 12.1 Å². The number of benzene rings is 2. The number of nitrogens with two attached hydrogens (primary N) is 1. The quantitative estimate of drug-likeness (QED) is 0.167. The molecule has 4 aliphatic rings. The second-order valence-corrected chi connectivity index (χ2v) is 18.4. The van der Waals surface area contributed by atoms with Gasteiger partial charge < -0.3 is 15.8 Å². The fourth-order valence-corrected chi connectivity index (χ4v) is 9.54. The smallest absolute Gasteiger partial charge is 0.420 e. The Morgan fingerprint density at radius 3 is 1.45 bits per heavy atom. The molecule has 0 saturated carbocycles. The van der Waals surface area contributed by atoms with Crippen LogP contribution in [0.25, 0.3) is 0 Å². The molecule has 4 aromatic rings. The third-order valence-corrected chi connectivity index (χ3v) is 13.1. The number of nitrogens with zero attached hydrogens (tertiary/aromatic N) is 4. The van der Waals surface area contributed by atoms with E-state index in [9.17, 15) is 26.4 Å². The third kappa shape index (κ3) is 8.88. The summed E-state index contributed by atoms with van der Waals surface area (Å²) in [6.45, 7) is 7.52. The van der Waals surface area contributed by atoms with Crippen LogP contribution in [0.3, 0.4) is 0 Å². The summed E-state index contributed by atoms with van der Waals surface area (Å²) in [4.78, 5) is 23.3. The number of ether oxygens (including phenoxy) is 1. The Bertz CT molecular complexity index is 2280. The number of aryl methyl sites for hydroxylation is 4. The molecule has 302 valence electrons. The summed E-state index contributed by atoms with van der Waals surface area (Å²) in [5.41, 5.74) is 19.1. The van der Waals surface area contributed by atoms with E-state index in [0.717, 1.165) is 68.1 Å². The summed E-state index contributed by atoms with van der Waals surface area (Å²) in [6, 6.07) is 6.74. The van der Waals surface area contributed by atoms with Gasteiger partial charge in [0, 0.05) is 35.9 Å². The van der Waals surface area contributed by atoms with E-state index in [4.69, 9.17) is 5.73 Å². The highest BCUT2D eigenvalue weighted by Gasteiger charge is 2.28. The standard InChI is InChI=1S/C19H24N4O3S.C12H15N.C8H13N3O4S/c1-12(2)23-10-9-17(21-23)27(25,26)22-19(24)20-18-15-7-3-5-13(15)11-14-6-4-8-16(14)18;13-12-10-5-1-3-8(10)7-9-4-2-6-11(9)12;1-6(2)11-5-4-7(9-11)16(13,14)10-8(12)15-3/h9-12H,3-8H2,1-2H3,(H2,20,22,24);7H,1-6,13H2;4-6H,1-3H3,(H,10,12). The van der Waals surface area contributed by atoms with Crippen molar-refractivity contribution in [3.63, 3.8) is 0 Å². The summed E-state index contributed by atoms with van der Waals surface area (Å²) >= 11 is 0. The first-order valence-corrected chi connectivity index (χ1v) is 22.2. The zero-order valence-electron chi connectivity index (χ0n) is 32.6. The molecule has 4 aliphatic carbocycles. The van der Waals surface area contributed by atoms with Gasteiger partial charge in [-0.25, -0.2) is 19.0 Å². The van der Waals surface area contributed by atoms with Crippen LogP contribution in [0.5, 0.6) is 0 Å². The minimum absolute atomic E-state index is 0.0391. The Balaban J connectivity index is 0.000000155. The second kappa shape index (κ2) is 16.7. The molecule has 0 saturated heterocycles. The molecule has 0 unspecified atom stereocenters. The van der Waals surface area contributed by atoms with Crippen molar-refractivity contribution in [1.82, 2.24) is 29.0 Å². The van der Waals surface area contributed by atoms with E-state index in [1.807, 2.05) is 27.7 Å². The lowest BCUT2D eigenvalue weighted by Gasteiger charge is -2.16. The van der Waals surface area contributed by atoms with Crippen molar-refractivity contribution < 1.29 is 31.2 Å². The van der Waals surface area contributed by atoms with Crippen LogP contribution >= 0.6 is 0 Å². The minimum Gasteiger partial charge on any atom is -0.452 e. The number of methoxy groups -OCH3 is 1. The van der Waals surface area contributed by atoms with Crippen molar-refractivity contribution in [1.29, 1.82) is 0 Å². The number of urea groups is 1. The van der Waals surface area contributed by atoms with Gasteiger partial charge in [0.05, 0.1) is 7.11 Å². The van der Waals surface area contributed by atoms with Gasteiger partial charge in [-0.3, -0.25) is 9.36 Å². The Morgan fingerprint density at radius 2 is 1.05 bits per heavy atom. The number of nitrogen functional groups attached to an aromatic ring is 1. The van der Waals surface area contributed by atoms with Gasteiger partial charge in [-0.1, -0.05) is 12.1 Å². The van der Waals surface area contributed by atoms with Gasteiger partial charge in [-0.05, 0) is 161 Å². The van der Waals surface area contributed by atoms with E-state index in [2.05, 4.69) is 37.1 Å². The van der Waals surface area contributed by atoms with Crippen LogP contribution < -0.4 is 20.5 Å². The second-order valence-electron chi connectivity index (χ2n) is 15.1. The van der Waals surface area contributed by atoms with Crippen molar-refractivity contribution in [2.45, 2.75) is 127 Å². The fourth-order valence-electron chi connectivity index (χ4n) is 7.85. The predicted octanol–water partition coefficient (Wildman–Crippen LogP) is 5.71. The largest absolute Gasteiger partial charge is 0.452 e. The zero-order valence-corrected chi connectivity index (χ0v) is 34.3. The van der Waals surface area contributed by atoms with Crippen LogP contribution in [0.2, 0.25) is 0 Å². The van der Waals surface area contributed by atoms with Crippen LogP contribution in [0, 0.1) is 0 Å². The SMILES string of the molecule is CC(C)n1ccc(S(=O)(=O)NC(=O)Nc2c3c(cc4c2CCC4)CCC3)n1.COC(=O)NS(=O)(=O)c1ccn(C(C)C)n1.Nc1c2c(cc3c1CCC3)CCC2. The molecule has 8 rings (SSSR count). The molecule has 0 spiro atoms. The lowest BCUT2D eigenvalue weighted by atomic mass is 9.99. The number of fused-ring (bicyclic) bond motifs is 4. The topological polar surface area (TPSA) is 209 Å². The summed E-state index contributed by atoms with van der Waals surface area (Å²) < 4.78 is 59.1. The first-order chi connectivity index (χ1) is 26.6. The molecule has 3 amide bonds. The van der Waals surface area contributed by atoms with Gasteiger partial charge in [0.2, 0.25) is 0 Å². The molecule has 0 bridgehead atoms. The number of hydrogen-bond acceptors (Lipinski definition) is 10. The van der Waals surface area contributed by atoms with Crippen molar-refractivity contribution in [3.8, 4) is 0 Å². The molecule has 0 aliphatic heterocycles. The van der Waals surface area contributed by atoms with Crippen molar-refractivity contribution in [3.05, 3.63) is 81.2 Å². The molecular formula is C39H52N8O7S2. The Kier molecular flexibility index (Phi) is 12.1. The maximum atomic E-state index is 12.5. The highest BCUT2D eigenvalue weighted by atomic mass is 32.2. The lowest BCUT2D eigenvalue weighted by Crippen LogP contribution is -2.35. The van der Waals surface area contributed by atoms with Gasteiger partial charge in [0.15, 0.2) is 10.1 Å². The van der Waals surface area contributed by atoms with Crippen molar-refractivity contribution in [2.24, 2.45) is 0 Å². The Hall–Kier alpha value is -4.90. The molecule has 56 heavy (non-hydrogen) atoms. The van der Waals surface area contributed by atoms with Crippen molar-refractivity contribution >= 4 is 43.5 Å². The Labute approximate surface area is 328 Å². The van der Waals surface area contributed by atoms with E-state index in [1.165, 1.54) is 94.9 Å². The highest BCUT2D eigenvalue weighted by Crippen LogP contribution is 2.39. The van der Waals surface area contributed by atoms with Crippen molar-refractivity contribution in [2.75, 3.05) is 18.2 Å². The van der Waals surface area contributed by atoms with E-state index in [1.54, 1.807) is 15.6 Å². The molecular weight excluding hydrogens is 757 g/mol. The summed E-state index contributed by atoms with van der Waals surface area (Å²) in [6.07, 6.45) is 15.7. The number of nitrogens with one attached hydrogen (secondary N) is 3. The minimum atomic E-state index is -4.01. The number of amides is 3. The number of rotatable bonds is 7. The fraction of sp³-hybridized carbons (Fsp3) is 0.487. The maximum absolute atomic E-state index is 12.5. The van der Waals surface area contributed by atoms with Gasteiger partial charge in [-0.15, -0.1) is 0 Å². The average molecular weight is 809 g/mol. The third-order valence-electron chi connectivity index (χ3n) is 10.6. The molecule has 5 N–H and O–H groups in total. The summed E-state index contributed by atoms with van der Waals surface area (Å²) in [5.74, 6) is 0. The number of anilines is 2. The molecule has 0 fully saturated rings. The normalized spacial score (nSPS) is 15.2. The van der Waals surface area contributed by atoms with Gasteiger partial charge in [-0.2, -0.15) is 27.0 Å². The first kappa shape index (κ1) is 40.8. The summed E-state index contributed by atoms with van der Waals surface area (Å²) in [5, 5.41) is 10.3. The lowest BCUT2D eigenvalue weighted by molar-refractivity contribution is 0.177. The van der Waals surface area contributed by atoms with E-state index < -0.39 is 32.2 Å². The number of carbonyl (C=O) groups excluding carboxylic acids is 2. The van der Waals surface area contributed by atoms with Crippen LogP contribution in [-0.2, 0) is 76.2 Å². The molecule has 2 aromatic carbocycles. The van der Waals surface area contributed by atoms with E-state index in [0.29, 0.717) is 0 Å². The number of carbonyl (C=O) groups is 2. The van der Waals surface area contributed by atoms with Crippen LogP contribution in [0.15, 0.2) is 46.7 Å². The summed E-state index contributed by atoms with van der Waals surface area (Å²) in [7, 11) is -6.87. The molecule has 17 heteroatoms. The van der Waals surface area contributed by atoms with Crippen LogP contribution in [-0.4, -0.2) is 55.6 Å². The van der Waals surface area contributed by atoms with Crippen LogP contribution in [0.4, 0.5) is 21.0 Å². The number of sulfonamides is 2. The zero-order chi connectivity index (χ0) is 40.4. The Morgan fingerprint density at radius 1 is 0.661 bits per heavy atom. The molecule has 15 nitrogen and oxygen atoms in total. The first-order valence-electron chi connectivity index (χ1n) is 19.2. The monoisotopic (exact) mass is 808 g/mol. The van der Waals surface area contributed by atoms with E-state index in [-0.39, 0.29) is 22.1 Å². The molecule has 2 aromatic heterocycles. The maximum Gasteiger partial charge on any atom is 0.420 e. The average Bonchev–Trinajstić information content (AvgIpc) is 3.99. The molecule has 2 heterocycles. The molecule has 0 radical (unpaired) electrons. The molecule has 0 atom stereocenters. The highest BCUT2D eigenvalue weighted by molar-refractivity contribution is 7.90. The number of hydrogen-bond donors (Lipinski definition) is 4. The predicted molar refractivity (Wildman–Crippen MR) is 213 cm³/mol. The van der Waals surface area contributed by atoms with E-state index >= 15 is 0 Å². The van der Waals surface area contributed by atoms with Gasteiger partial charge in [0.1, 0.15) is 0 Å². The van der Waals surface area contributed by atoms with Crippen LogP contribution in [0.1, 0.15) is 110 Å². The van der Waals surface area contributed by atoms with Gasteiger partial charge in [0.25, 0.3) is 20.0 Å². The number of aromatic nitrogens is 4.